The maximum absolute atomic E-state index is 13.8. The van der Waals surface area contributed by atoms with Gasteiger partial charge in [-0.2, -0.15) is 0 Å². The van der Waals surface area contributed by atoms with Crippen LogP contribution in [0.4, 0.5) is 4.39 Å². The van der Waals surface area contributed by atoms with Crippen LogP contribution in [-0.4, -0.2) is 18.8 Å². The molecule has 0 aromatic carbocycles. The quantitative estimate of drug-likeness (QED) is 0.816. The Bertz CT molecular complexity index is 148. The summed E-state index contributed by atoms with van der Waals surface area (Å²) in [6.45, 7) is 0.139. The third-order valence-electron chi connectivity index (χ3n) is 3.11. The number of alkyl halides is 1. The van der Waals surface area contributed by atoms with Gasteiger partial charge in [0.1, 0.15) is 5.67 Å². The van der Waals surface area contributed by atoms with Crippen molar-refractivity contribution in [2.45, 2.75) is 44.2 Å². The fraction of sp³-hybridized carbons (Fsp3) is 1.00. The summed E-state index contributed by atoms with van der Waals surface area (Å²) < 4.78 is 13.8. The summed E-state index contributed by atoms with van der Waals surface area (Å²) in [5.41, 5.74) is 9.46. The van der Waals surface area contributed by atoms with Crippen molar-refractivity contribution in [2.75, 3.05) is 13.1 Å². The van der Waals surface area contributed by atoms with Crippen molar-refractivity contribution < 1.29 is 4.39 Å². The van der Waals surface area contributed by atoms with Crippen LogP contribution >= 0.6 is 24.8 Å². The molecule has 0 heterocycles. The van der Waals surface area contributed by atoms with Gasteiger partial charge >= 0.3 is 0 Å². The number of halogens is 3. The second-order valence-corrected chi connectivity index (χ2v) is 4.27. The highest BCUT2D eigenvalue weighted by atomic mass is 35.5. The van der Waals surface area contributed by atoms with Crippen molar-refractivity contribution in [3.63, 3.8) is 0 Å². The van der Waals surface area contributed by atoms with E-state index in [1.165, 1.54) is 19.3 Å². The minimum Gasteiger partial charge on any atom is -0.327 e. The van der Waals surface area contributed by atoms with Crippen LogP contribution in [0.1, 0.15) is 38.5 Å². The Morgan fingerprint density at radius 3 is 1.87 bits per heavy atom. The highest BCUT2D eigenvalue weighted by molar-refractivity contribution is 5.85. The zero-order valence-electron chi connectivity index (χ0n) is 9.08. The number of hydrogen-bond acceptors (Lipinski definition) is 2. The highest BCUT2D eigenvalue weighted by Crippen LogP contribution is 2.31. The lowest BCUT2D eigenvalue weighted by Gasteiger charge is -2.29. The molecule has 1 saturated carbocycles. The number of hydrogen-bond donors (Lipinski definition) is 2. The standard InChI is InChI=1S/C10H21FN2.2ClH/c11-10(7-12,8-13)6-9-4-2-1-3-5-9;;/h9H,1-8,12-13H2;2*1H. The van der Waals surface area contributed by atoms with Crippen molar-refractivity contribution >= 4 is 24.8 Å². The minimum absolute atomic E-state index is 0. The van der Waals surface area contributed by atoms with E-state index in [1.54, 1.807) is 0 Å². The molecule has 1 aliphatic rings. The van der Waals surface area contributed by atoms with Gasteiger partial charge in [0.05, 0.1) is 0 Å². The molecule has 0 amide bonds. The van der Waals surface area contributed by atoms with Crippen molar-refractivity contribution in [1.29, 1.82) is 0 Å². The van der Waals surface area contributed by atoms with E-state index in [2.05, 4.69) is 0 Å². The molecule has 0 aromatic rings. The van der Waals surface area contributed by atoms with Crippen molar-refractivity contribution in [2.24, 2.45) is 17.4 Å². The molecule has 5 heteroatoms. The summed E-state index contributed by atoms with van der Waals surface area (Å²) in [5.74, 6) is 0.519. The lowest BCUT2D eigenvalue weighted by Crippen LogP contribution is -2.42. The van der Waals surface area contributed by atoms with Gasteiger partial charge in [-0.05, 0) is 12.3 Å². The molecular weight excluding hydrogens is 238 g/mol. The monoisotopic (exact) mass is 260 g/mol. The molecule has 0 aromatic heterocycles. The number of rotatable bonds is 4. The average Bonchev–Trinajstić information content (AvgIpc) is 2.19. The lowest BCUT2D eigenvalue weighted by molar-refractivity contribution is 0.126. The zero-order valence-corrected chi connectivity index (χ0v) is 10.7. The van der Waals surface area contributed by atoms with E-state index in [4.69, 9.17) is 11.5 Å². The van der Waals surface area contributed by atoms with E-state index in [-0.39, 0.29) is 37.9 Å². The maximum atomic E-state index is 13.8. The van der Waals surface area contributed by atoms with Gasteiger partial charge in [-0.25, -0.2) is 4.39 Å². The van der Waals surface area contributed by atoms with Gasteiger partial charge in [0.25, 0.3) is 0 Å². The van der Waals surface area contributed by atoms with Crippen molar-refractivity contribution in [3.8, 4) is 0 Å². The van der Waals surface area contributed by atoms with E-state index in [9.17, 15) is 4.39 Å². The Morgan fingerprint density at radius 1 is 1.00 bits per heavy atom. The average molecular weight is 261 g/mol. The van der Waals surface area contributed by atoms with Crippen LogP contribution in [0.25, 0.3) is 0 Å². The summed E-state index contributed by atoms with van der Waals surface area (Å²) in [7, 11) is 0. The highest BCUT2D eigenvalue weighted by Gasteiger charge is 2.30. The SMILES string of the molecule is Cl.Cl.NCC(F)(CN)CC1CCCCC1. The fourth-order valence-corrected chi connectivity index (χ4v) is 2.16. The molecule has 0 atom stereocenters. The summed E-state index contributed by atoms with van der Waals surface area (Å²) >= 11 is 0. The van der Waals surface area contributed by atoms with Crippen LogP contribution in [-0.2, 0) is 0 Å². The zero-order chi connectivity index (χ0) is 9.73. The van der Waals surface area contributed by atoms with Crippen molar-refractivity contribution in [3.05, 3.63) is 0 Å². The van der Waals surface area contributed by atoms with Crippen molar-refractivity contribution in [1.82, 2.24) is 0 Å². The molecule has 94 valence electrons. The van der Waals surface area contributed by atoms with Crippen LogP contribution < -0.4 is 11.5 Å². The van der Waals surface area contributed by atoms with Crippen LogP contribution in [0.2, 0.25) is 0 Å². The molecular formula is C10H23Cl2FN2. The second-order valence-electron chi connectivity index (χ2n) is 4.27. The molecule has 0 aliphatic heterocycles. The van der Waals surface area contributed by atoms with Gasteiger partial charge in [-0.1, -0.05) is 32.1 Å². The Hall–Kier alpha value is 0.430. The van der Waals surface area contributed by atoms with Crippen LogP contribution in [0.15, 0.2) is 0 Å². The molecule has 1 aliphatic carbocycles. The first kappa shape index (κ1) is 17.8. The Morgan fingerprint density at radius 2 is 1.47 bits per heavy atom. The van der Waals surface area contributed by atoms with E-state index in [1.807, 2.05) is 0 Å². The van der Waals surface area contributed by atoms with Gasteiger partial charge < -0.3 is 11.5 Å². The smallest absolute Gasteiger partial charge is 0.135 e. The van der Waals surface area contributed by atoms with E-state index in [0.717, 1.165) is 12.8 Å². The topological polar surface area (TPSA) is 52.0 Å². The Balaban J connectivity index is 0. The normalized spacial score (nSPS) is 17.8. The predicted octanol–water partition coefficient (Wildman–Crippen LogP) is 2.43. The van der Waals surface area contributed by atoms with E-state index >= 15 is 0 Å². The maximum Gasteiger partial charge on any atom is 0.135 e. The molecule has 2 nitrogen and oxygen atoms in total. The first-order chi connectivity index (χ1) is 6.20. The summed E-state index contributed by atoms with van der Waals surface area (Å²) in [6, 6.07) is 0. The Kier molecular flexibility index (Phi) is 10.2. The summed E-state index contributed by atoms with van der Waals surface area (Å²) in [4.78, 5) is 0. The first-order valence-corrected chi connectivity index (χ1v) is 5.29. The Labute approximate surface area is 104 Å². The molecule has 0 spiro atoms. The molecule has 0 saturated heterocycles. The summed E-state index contributed by atoms with van der Waals surface area (Å²) in [5, 5.41) is 0. The fourth-order valence-electron chi connectivity index (χ4n) is 2.16. The third kappa shape index (κ3) is 5.91. The van der Waals surface area contributed by atoms with E-state index in [0.29, 0.717) is 12.3 Å². The van der Waals surface area contributed by atoms with Crippen LogP contribution in [0, 0.1) is 5.92 Å². The third-order valence-corrected chi connectivity index (χ3v) is 3.11. The molecule has 0 radical (unpaired) electrons. The molecule has 1 fully saturated rings. The molecule has 1 rings (SSSR count). The lowest BCUT2D eigenvalue weighted by atomic mass is 9.81. The van der Waals surface area contributed by atoms with Gasteiger partial charge in [-0.15, -0.1) is 24.8 Å². The van der Waals surface area contributed by atoms with Gasteiger partial charge in [0.2, 0.25) is 0 Å². The first-order valence-electron chi connectivity index (χ1n) is 5.29. The summed E-state index contributed by atoms with van der Waals surface area (Å²) in [6.07, 6.45) is 6.68. The predicted molar refractivity (Wildman–Crippen MR) is 67.6 cm³/mol. The molecule has 15 heavy (non-hydrogen) atoms. The van der Waals surface area contributed by atoms with Gasteiger partial charge in [0, 0.05) is 13.1 Å². The minimum atomic E-state index is -1.30. The largest absolute Gasteiger partial charge is 0.327 e. The van der Waals surface area contributed by atoms with Crippen LogP contribution in [0.5, 0.6) is 0 Å². The van der Waals surface area contributed by atoms with E-state index < -0.39 is 5.67 Å². The second kappa shape index (κ2) is 8.57. The molecule has 0 unspecified atom stereocenters. The number of nitrogens with two attached hydrogens (primary N) is 2. The molecule has 0 bridgehead atoms. The van der Waals surface area contributed by atoms with Gasteiger partial charge in [0.15, 0.2) is 0 Å². The van der Waals surface area contributed by atoms with Gasteiger partial charge in [-0.3, -0.25) is 0 Å². The van der Waals surface area contributed by atoms with Crippen LogP contribution in [0.3, 0.4) is 0 Å². The molecule has 4 N–H and O–H groups in total.